The molecule has 6 heteroatoms. The first kappa shape index (κ1) is 15.0. The molecule has 118 valence electrons. The summed E-state index contributed by atoms with van der Waals surface area (Å²) >= 11 is 0. The summed E-state index contributed by atoms with van der Waals surface area (Å²) in [6, 6.07) is 10.3. The Morgan fingerprint density at radius 2 is 1.74 bits per heavy atom. The predicted octanol–water partition coefficient (Wildman–Crippen LogP) is 1.89. The fraction of sp³-hybridized carbons (Fsp3) is 0.235. The highest BCUT2D eigenvalue weighted by atomic mass is 16.3. The Morgan fingerprint density at radius 1 is 1.09 bits per heavy atom. The van der Waals surface area contributed by atoms with Crippen LogP contribution in [0.5, 0.6) is 0 Å². The van der Waals surface area contributed by atoms with Crippen molar-refractivity contribution in [1.82, 2.24) is 10.2 Å². The second-order valence-corrected chi connectivity index (χ2v) is 5.35. The lowest BCUT2D eigenvalue weighted by atomic mass is 10.1. The van der Waals surface area contributed by atoms with Gasteiger partial charge in [-0.25, -0.2) is 0 Å². The maximum Gasteiger partial charge on any atom is 0.261 e. The smallest absolute Gasteiger partial charge is 0.261 e. The van der Waals surface area contributed by atoms with Crippen LogP contribution in [-0.4, -0.2) is 29.2 Å². The first-order valence-corrected chi connectivity index (χ1v) is 7.33. The van der Waals surface area contributed by atoms with E-state index in [-0.39, 0.29) is 37.2 Å². The zero-order chi connectivity index (χ0) is 16.4. The molecule has 23 heavy (non-hydrogen) atoms. The summed E-state index contributed by atoms with van der Waals surface area (Å²) in [7, 11) is 0. The predicted molar refractivity (Wildman–Crippen MR) is 81.7 cm³/mol. The van der Waals surface area contributed by atoms with Crippen LogP contribution in [0.15, 0.2) is 40.8 Å². The molecular weight excluding hydrogens is 296 g/mol. The molecular formula is C17H16N2O4. The third kappa shape index (κ3) is 3.01. The zero-order valence-corrected chi connectivity index (χ0v) is 12.7. The van der Waals surface area contributed by atoms with Crippen molar-refractivity contribution >= 4 is 17.7 Å². The van der Waals surface area contributed by atoms with Gasteiger partial charge in [-0.3, -0.25) is 19.3 Å². The van der Waals surface area contributed by atoms with Gasteiger partial charge in [0.05, 0.1) is 17.7 Å². The highest BCUT2D eigenvalue weighted by molar-refractivity contribution is 6.21. The Hall–Kier alpha value is -2.89. The van der Waals surface area contributed by atoms with Gasteiger partial charge in [0.1, 0.15) is 11.5 Å². The number of hydrogen-bond donors (Lipinski definition) is 1. The average Bonchev–Trinajstić information content (AvgIpc) is 3.07. The van der Waals surface area contributed by atoms with E-state index in [0.717, 1.165) is 10.7 Å². The summed E-state index contributed by atoms with van der Waals surface area (Å²) in [5.74, 6) is 0.507. The van der Waals surface area contributed by atoms with Crippen LogP contribution in [-0.2, 0) is 11.3 Å². The van der Waals surface area contributed by atoms with Crippen molar-refractivity contribution in [2.75, 3.05) is 6.54 Å². The molecule has 6 nitrogen and oxygen atoms in total. The van der Waals surface area contributed by atoms with Gasteiger partial charge in [0, 0.05) is 13.0 Å². The van der Waals surface area contributed by atoms with Gasteiger partial charge in [0.15, 0.2) is 0 Å². The molecule has 0 fully saturated rings. The number of nitrogens with one attached hydrogen (secondary N) is 1. The van der Waals surface area contributed by atoms with Crippen LogP contribution in [0.3, 0.4) is 0 Å². The highest BCUT2D eigenvalue weighted by Crippen LogP contribution is 2.22. The van der Waals surface area contributed by atoms with E-state index >= 15 is 0 Å². The molecule has 0 bridgehead atoms. The molecule has 1 aliphatic rings. The van der Waals surface area contributed by atoms with Crippen LogP contribution in [0.2, 0.25) is 0 Å². The molecule has 1 N–H and O–H groups in total. The van der Waals surface area contributed by atoms with Gasteiger partial charge in [0.2, 0.25) is 5.91 Å². The Balaban J connectivity index is 1.54. The number of fused-ring (bicyclic) bond motifs is 1. The van der Waals surface area contributed by atoms with Crippen molar-refractivity contribution in [2.24, 2.45) is 0 Å². The molecule has 3 amide bonds. The number of benzene rings is 1. The number of aryl methyl sites for hydroxylation is 1. The first-order valence-electron chi connectivity index (χ1n) is 7.33. The number of hydrogen-bond acceptors (Lipinski definition) is 4. The van der Waals surface area contributed by atoms with Crippen LogP contribution in [0.25, 0.3) is 0 Å². The van der Waals surface area contributed by atoms with Crippen LogP contribution >= 0.6 is 0 Å². The Labute approximate surface area is 133 Å². The molecule has 3 rings (SSSR count). The zero-order valence-electron chi connectivity index (χ0n) is 12.7. The molecule has 0 aliphatic carbocycles. The normalized spacial score (nSPS) is 13.3. The topological polar surface area (TPSA) is 79.6 Å². The van der Waals surface area contributed by atoms with Crippen LogP contribution < -0.4 is 5.32 Å². The van der Waals surface area contributed by atoms with Crippen LogP contribution in [0.4, 0.5) is 0 Å². The third-order valence-electron chi connectivity index (χ3n) is 3.70. The van der Waals surface area contributed by atoms with Gasteiger partial charge < -0.3 is 9.73 Å². The number of imide groups is 1. The molecule has 2 aromatic rings. The summed E-state index contributed by atoms with van der Waals surface area (Å²) in [6.07, 6.45) is 0.0607. The van der Waals surface area contributed by atoms with Crippen LogP contribution in [0, 0.1) is 6.92 Å². The Kier molecular flexibility index (Phi) is 3.97. The second kappa shape index (κ2) is 6.08. The number of carbonyl (C=O) groups is 3. The lowest BCUT2D eigenvalue weighted by molar-refractivity contribution is -0.121. The number of amides is 3. The van der Waals surface area contributed by atoms with Crippen molar-refractivity contribution < 1.29 is 18.8 Å². The van der Waals surface area contributed by atoms with Gasteiger partial charge in [-0.1, -0.05) is 12.1 Å². The van der Waals surface area contributed by atoms with Crippen molar-refractivity contribution in [3.63, 3.8) is 0 Å². The minimum Gasteiger partial charge on any atom is -0.465 e. The van der Waals surface area contributed by atoms with Crippen molar-refractivity contribution in [3.05, 3.63) is 59.0 Å². The van der Waals surface area contributed by atoms with Crippen molar-refractivity contribution in [3.8, 4) is 0 Å². The molecule has 0 atom stereocenters. The van der Waals surface area contributed by atoms with Gasteiger partial charge in [-0.2, -0.15) is 0 Å². The largest absolute Gasteiger partial charge is 0.465 e. The fourth-order valence-electron chi connectivity index (χ4n) is 2.51. The van der Waals surface area contributed by atoms with Crippen molar-refractivity contribution in [2.45, 2.75) is 19.9 Å². The third-order valence-corrected chi connectivity index (χ3v) is 3.70. The summed E-state index contributed by atoms with van der Waals surface area (Å²) in [4.78, 5) is 37.3. The summed E-state index contributed by atoms with van der Waals surface area (Å²) in [5, 5.41) is 2.71. The maximum atomic E-state index is 12.2. The van der Waals surface area contributed by atoms with Crippen LogP contribution in [0.1, 0.15) is 38.7 Å². The van der Waals surface area contributed by atoms with E-state index < -0.39 is 0 Å². The molecule has 1 aromatic carbocycles. The monoisotopic (exact) mass is 312 g/mol. The van der Waals surface area contributed by atoms with Gasteiger partial charge in [-0.15, -0.1) is 0 Å². The SMILES string of the molecule is Cc1ccc(CNC(=O)CCN2C(=O)c3ccccc3C2=O)o1. The molecule has 0 spiro atoms. The summed E-state index contributed by atoms with van der Waals surface area (Å²) < 4.78 is 5.35. The Bertz CT molecular complexity index is 743. The minimum atomic E-state index is -0.347. The molecule has 1 aliphatic heterocycles. The fourth-order valence-corrected chi connectivity index (χ4v) is 2.51. The van der Waals surface area contributed by atoms with E-state index in [0.29, 0.717) is 16.9 Å². The average molecular weight is 312 g/mol. The molecule has 0 saturated carbocycles. The van der Waals surface area contributed by atoms with E-state index in [1.807, 2.05) is 13.0 Å². The quantitative estimate of drug-likeness (QED) is 0.855. The van der Waals surface area contributed by atoms with E-state index in [9.17, 15) is 14.4 Å². The molecule has 1 aromatic heterocycles. The number of nitrogens with zero attached hydrogens (tertiary/aromatic N) is 1. The van der Waals surface area contributed by atoms with E-state index in [1.165, 1.54) is 0 Å². The molecule has 0 unspecified atom stereocenters. The highest BCUT2D eigenvalue weighted by Gasteiger charge is 2.34. The number of furan rings is 1. The maximum absolute atomic E-state index is 12.2. The van der Waals surface area contributed by atoms with Gasteiger partial charge >= 0.3 is 0 Å². The Morgan fingerprint density at radius 3 is 2.30 bits per heavy atom. The van der Waals surface area contributed by atoms with Crippen molar-refractivity contribution in [1.29, 1.82) is 0 Å². The number of rotatable bonds is 5. The van der Waals surface area contributed by atoms with Gasteiger partial charge in [0.25, 0.3) is 11.8 Å². The lowest BCUT2D eigenvalue weighted by Crippen LogP contribution is -2.34. The minimum absolute atomic E-state index is 0.0607. The second-order valence-electron chi connectivity index (χ2n) is 5.35. The summed E-state index contributed by atoms with van der Waals surface area (Å²) in [6.45, 7) is 2.18. The molecule has 2 heterocycles. The van der Waals surface area contributed by atoms with E-state index in [2.05, 4.69) is 5.32 Å². The first-order chi connectivity index (χ1) is 11.1. The van der Waals surface area contributed by atoms with E-state index in [4.69, 9.17) is 4.42 Å². The molecule has 0 saturated heterocycles. The standard InChI is InChI=1S/C17H16N2O4/c1-11-6-7-12(23-11)10-18-15(20)8-9-19-16(21)13-4-2-3-5-14(13)17(19)22/h2-7H,8-10H2,1H3,(H,18,20). The lowest BCUT2D eigenvalue weighted by Gasteiger charge is -2.13. The number of carbonyl (C=O) groups excluding carboxylic acids is 3. The summed E-state index contributed by atoms with van der Waals surface area (Å²) in [5.41, 5.74) is 0.785. The van der Waals surface area contributed by atoms with Gasteiger partial charge in [-0.05, 0) is 31.2 Å². The molecule has 0 radical (unpaired) electrons. The van der Waals surface area contributed by atoms with E-state index in [1.54, 1.807) is 30.3 Å².